The summed E-state index contributed by atoms with van der Waals surface area (Å²) in [6.07, 6.45) is 4.17. The standard InChI is InChI=1S/C14H17NO2/c1-16-13-8-4-5-9-14(13)17-12-7-3-2-6-11(12)10-15/h4-5,8-9,11-12H,2-3,6-7H2,1H3. The quantitative estimate of drug-likeness (QED) is 0.802. The lowest BCUT2D eigenvalue weighted by molar-refractivity contribution is 0.116. The molecule has 0 aromatic heterocycles. The Morgan fingerprint density at radius 1 is 1.18 bits per heavy atom. The van der Waals surface area contributed by atoms with E-state index in [1.54, 1.807) is 7.11 Å². The van der Waals surface area contributed by atoms with E-state index in [1.165, 1.54) is 0 Å². The highest BCUT2D eigenvalue weighted by Crippen LogP contribution is 2.32. The zero-order chi connectivity index (χ0) is 12.1. The molecule has 1 aromatic rings. The molecule has 1 saturated carbocycles. The second-order valence-corrected chi connectivity index (χ2v) is 4.33. The van der Waals surface area contributed by atoms with Crippen molar-refractivity contribution in [1.29, 1.82) is 5.26 Å². The monoisotopic (exact) mass is 231 g/mol. The van der Waals surface area contributed by atoms with Gasteiger partial charge in [0.25, 0.3) is 0 Å². The van der Waals surface area contributed by atoms with Crippen LogP contribution in [0.2, 0.25) is 0 Å². The van der Waals surface area contributed by atoms with Crippen LogP contribution in [-0.2, 0) is 0 Å². The van der Waals surface area contributed by atoms with Gasteiger partial charge in [-0.05, 0) is 31.4 Å². The molecule has 90 valence electrons. The Bertz CT molecular complexity index is 411. The van der Waals surface area contributed by atoms with E-state index in [9.17, 15) is 0 Å². The Hall–Kier alpha value is -1.69. The van der Waals surface area contributed by atoms with Crippen LogP contribution in [0.3, 0.4) is 0 Å². The van der Waals surface area contributed by atoms with Crippen LogP contribution in [0.4, 0.5) is 0 Å². The van der Waals surface area contributed by atoms with Crippen LogP contribution in [0, 0.1) is 17.2 Å². The van der Waals surface area contributed by atoms with Crippen molar-refractivity contribution >= 4 is 0 Å². The molecule has 1 aliphatic rings. The predicted octanol–water partition coefficient (Wildman–Crippen LogP) is 3.16. The normalized spacial score (nSPS) is 23.8. The van der Waals surface area contributed by atoms with Gasteiger partial charge in [-0.25, -0.2) is 0 Å². The summed E-state index contributed by atoms with van der Waals surface area (Å²) in [6, 6.07) is 9.94. The molecular formula is C14H17NO2. The second kappa shape index (κ2) is 5.58. The third-order valence-corrected chi connectivity index (χ3v) is 3.22. The van der Waals surface area contributed by atoms with Crippen LogP contribution in [0.25, 0.3) is 0 Å². The Kier molecular flexibility index (Phi) is 3.87. The van der Waals surface area contributed by atoms with Gasteiger partial charge < -0.3 is 9.47 Å². The van der Waals surface area contributed by atoms with Crippen LogP contribution < -0.4 is 9.47 Å². The van der Waals surface area contributed by atoms with E-state index < -0.39 is 0 Å². The first-order valence-corrected chi connectivity index (χ1v) is 6.04. The Balaban J connectivity index is 2.11. The molecule has 2 unspecified atom stereocenters. The van der Waals surface area contributed by atoms with Gasteiger partial charge in [0.15, 0.2) is 11.5 Å². The number of nitriles is 1. The van der Waals surface area contributed by atoms with E-state index >= 15 is 0 Å². The van der Waals surface area contributed by atoms with Crippen molar-refractivity contribution in [3.05, 3.63) is 24.3 Å². The van der Waals surface area contributed by atoms with Crippen LogP contribution in [0.5, 0.6) is 11.5 Å². The lowest BCUT2D eigenvalue weighted by atomic mass is 9.87. The fraction of sp³-hybridized carbons (Fsp3) is 0.500. The van der Waals surface area contributed by atoms with Gasteiger partial charge in [0.05, 0.1) is 19.1 Å². The molecule has 0 heterocycles. The topological polar surface area (TPSA) is 42.2 Å². The first kappa shape index (κ1) is 11.8. The van der Waals surface area contributed by atoms with Gasteiger partial charge in [0.2, 0.25) is 0 Å². The molecule has 3 heteroatoms. The molecule has 0 spiro atoms. The number of benzene rings is 1. The fourth-order valence-corrected chi connectivity index (χ4v) is 2.26. The molecule has 0 saturated heterocycles. The van der Waals surface area contributed by atoms with E-state index in [4.69, 9.17) is 14.7 Å². The molecule has 1 fully saturated rings. The van der Waals surface area contributed by atoms with Crippen molar-refractivity contribution in [2.75, 3.05) is 7.11 Å². The molecule has 0 bridgehead atoms. The van der Waals surface area contributed by atoms with Crippen LogP contribution in [0.15, 0.2) is 24.3 Å². The zero-order valence-corrected chi connectivity index (χ0v) is 10.1. The summed E-state index contributed by atoms with van der Waals surface area (Å²) in [6.45, 7) is 0. The number of hydrogen-bond donors (Lipinski definition) is 0. The summed E-state index contributed by atoms with van der Waals surface area (Å²) < 4.78 is 11.2. The molecule has 2 rings (SSSR count). The summed E-state index contributed by atoms with van der Waals surface area (Å²) in [5, 5.41) is 9.10. The number of methoxy groups -OCH3 is 1. The zero-order valence-electron chi connectivity index (χ0n) is 10.1. The van der Waals surface area contributed by atoms with E-state index in [-0.39, 0.29) is 12.0 Å². The van der Waals surface area contributed by atoms with Gasteiger partial charge >= 0.3 is 0 Å². The lowest BCUT2D eigenvalue weighted by Crippen LogP contribution is -2.29. The molecule has 0 aliphatic heterocycles. The van der Waals surface area contributed by atoms with Gasteiger partial charge in [-0.1, -0.05) is 18.6 Å². The van der Waals surface area contributed by atoms with Gasteiger partial charge in [-0.15, -0.1) is 0 Å². The van der Waals surface area contributed by atoms with E-state index in [1.807, 2.05) is 24.3 Å². The molecule has 2 atom stereocenters. The molecule has 0 N–H and O–H groups in total. The molecular weight excluding hydrogens is 214 g/mol. The molecule has 3 nitrogen and oxygen atoms in total. The number of para-hydroxylation sites is 2. The maximum absolute atomic E-state index is 9.10. The van der Waals surface area contributed by atoms with Gasteiger partial charge in [-0.3, -0.25) is 0 Å². The second-order valence-electron chi connectivity index (χ2n) is 4.33. The minimum absolute atomic E-state index is 0.00468. The van der Waals surface area contributed by atoms with Crippen molar-refractivity contribution in [1.82, 2.24) is 0 Å². The van der Waals surface area contributed by atoms with E-state index in [0.717, 1.165) is 37.2 Å². The Labute approximate surface area is 102 Å². The highest BCUT2D eigenvalue weighted by atomic mass is 16.5. The van der Waals surface area contributed by atoms with Gasteiger partial charge in [-0.2, -0.15) is 5.26 Å². The first-order valence-electron chi connectivity index (χ1n) is 6.04. The number of rotatable bonds is 3. The minimum Gasteiger partial charge on any atom is -0.493 e. The fourth-order valence-electron chi connectivity index (χ4n) is 2.26. The average Bonchev–Trinajstić information content (AvgIpc) is 2.40. The highest BCUT2D eigenvalue weighted by Gasteiger charge is 2.27. The average molecular weight is 231 g/mol. The first-order chi connectivity index (χ1) is 8.35. The molecule has 1 aliphatic carbocycles. The largest absolute Gasteiger partial charge is 0.493 e. The predicted molar refractivity (Wildman–Crippen MR) is 65.0 cm³/mol. The maximum Gasteiger partial charge on any atom is 0.161 e. The van der Waals surface area contributed by atoms with Crippen LogP contribution in [0.1, 0.15) is 25.7 Å². The third kappa shape index (κ3) is 2.71. The molecule has 1 aromatic carbocycles. The summed E-state index contributed by atoms with van der Waals surface area (Å²) >= 11 is 0. The van der Waals surface area contributed by atoms with Crippen molar-refractivity contribution in [3.8, 4) is 17.6 Å². The number of ether oxygens (including phenoxy) is 2. The smallest absolute Gasteiger partial charge is 0.161 e. The van der Waals surface area contributed by atoms with E-state index in [0.29, 0.717) is 0 Å². The Morgan fingerprint density at radius 2 is 1.88 bits per heavy atom. The highest BCUT2D eigenvalue weighted by molar-refractivity contribution is 5.39. The van der Waals surface area contributed by atoms with Crippen LogP contribution in [-0.4, -0.2) is 13.2 Å². The van der Waals surface area contributed by atoms with Gasteiger partial charge in [0, 0.05) is 0 Å². The lowest BCUT2D eigenvalue weighted by Gasteiger charge is -2.27. The van der Waals surface area contributed by atoms with Crippen molar-refractivity contribution in [2.24, 2.45) is 5.92 Å². The van der Waals surface area contributed by atoms with Crippen molar-refractivity contribution < 1.29 is 9.47 Å². The molecule has 0 radical (unpaired) electrons. The summed E-state index contributed by atoms with van der Waals surface area (Å²) in [5.41, 5.74) is 0. The molecule has 0 amide bonds. The third-order valence-electron chi connectivity index (χ3n) is 3.22. The SMILES string of the molecule is COc1ccccc1OC1CCCCC1C#N. The summed E-state index contributed by atoms with van der Waals surface area (Å²) in [5.74, 6) is 1.48. The number of hydrogen-bond acceptors (Lipinski definition) is 3. The van der Waals surface area contributed by atoms with Gasteiger partial charge in [0.1, 0.15) is 6.10 Å². The van der Waals surface area contributed by atoms with Crippen molar-refractivity contribution in [3.63, 3.8) is 0 Å². The summed E-state index contributed by atoms with van der Waals surface area (Å²) in [7, 11) is 1.63. The summed E-state index contributed by atoms with van der Waals surface area (Å²) in [4.78, 5) is 0. The maximum atomic E-state index is 9.10. The minimum atomic E-state index is 0.00468. The molecule has 17 heavy (non-hydrogen) atoms. The number of nitrogens with zero attached hydrogens (tertiary/aromatic N) is 1. The van der Waals surface area contributed by atoms with Crippen molar-refractivity contribution in [2.45, 2.75) is 31.8 Å². The van der Waals surface area contributed by atoms with E-state index in [2.05, 4.69) is 6.07 Å². The van der Waals surface area contributed by atoms with Crippen LogP contribution >= 0.6 is 0 Å². The Morgan fingerprint density at radius 3 is 2.59 bits per heavy atom.